The van der Waals surface area contributed by atoms with E-state index in [0.717, 1.165) is 18.2 Å². The molecule has 0 saturated carbocycles. The van der Waals surface area contributed by atoms with E-state index in [0.29, 0.717) is 12.1 Å². The van der Waals surface area contributed by atoms with Crippen LogP contribution in [0.4, 0.5) is 4.79 Å². The number of hydrogen-bond acceptors (Lipinski definition) is 2. The van der Waals surface area contributed by atoms with E-state index >= 15 is 0 Å². The molecule has 2 amide bonds. The summed E-state index contributed by atoms with van der Waals surface area (Å²) < 4.78 is 0. The predicted molar refractivity (Wildman–Crippen MR) is 68.9 cm³/mol. The third kappa shape index (κ3) is 2.31. The molecule has 0 aliphatic carbocycles. The van der Waals surface area contributed by atoms with Crippen LogP contribution in [-0.2, 0) is 0 Å². The van der Waals surface area contributed by atoms with E-state index in [1.165, 1.54) is 25.7 Å². The number of carbonyl (C=O) groups excluding carboxylic acids is 1. The van der Waals surface area contributed by atoms with Crippen LogP contribution in [-0.4, -0.2) is 41.1 Å². The Hall–Kier alpha value is -0.380. The summed E-state index contributed by atoms with van der Waals surface area (Å²) in [5.41, 5.74) is 0. The van der Waals surface area contributed by atoms with E-state index in [-0.39, 0.29) is 6.03 Å². The first-order valence-electron chi connectivity index (χ1n) is 6.35. The number of hydrogen-bond donors (Lipinski definition) is 1. The molecule has 92 valence electrons. The lowest BCUT2D eigenvalue weighted by Gasteiger charge is -2.38. The molecule has 2 fully saturated rings. The van der Waals surface area contributed by atoms with Crippen LogP contribution < -0.4 is 5.32 Å². The van der Waals surface area contributed by atoms with Crippen LogP contribution in [0.15, 0.2) is 0 Å². The predicted octanol–water partition coefficient (Wildman–Crippen LogP) is 2.46. The Morgan fingerprint density at radius 3 is 2.50 bits per heavy atom. The van der Waals surface area contributed by atoms with Gasteiger partial charge in [-0.05, 0) is 38.4 Å². The summed E-state index contributed by atoms with van der Waals surface area (Å²) in [6, 6.07) is 1.19. The summed E-state index contributed by atoms with van der Waals surface area (Å²) in [7, 11) is 0. The van der Waals surface area contributed by atoms with Crippen molar-refractivity contribution in [3.8, 4) is 0 Å². The fraction of sp³-hybridized carbons (Fsp3) is 0.917. The van der Waals surface area contributed by atoms with Gasteiger partial charge in [0.15, 0.2) is 0 Å². The second-order valence-electron chi connectivity index (χ2n) is 4.85. The van der Waals surface area contributed by atoms with E-state index in [2.05, 4.69) is 23.4 Å². The standard InChI is InChI=1S/C12H22N2OS/c1-3-6-13-12(15)14-9-4-5-10(14)8-11(7-9)16-2/h9-11H,3-8H2,1-2H3,(H,13,15). The number of fused-ring (bicyclic) bond motifs is 2. The molecule has 2 atom stereocenters. The molecule has 16 heavy (non-hydrogen) atoms. The van der Waals surface area contributed by atoms with Gasteiger partial charge in [0, 0.05) is 23.9 Å². The van der Waals surface area contributed by atoms with Gasteiger partial charge in [-0.15, -0.1) is 0 Å². The van der Waals surface area contributed by atoms with E-state index in [1.807, 2.05) is 11.8 Å². The minimum atomic E-state index is 0.175. The average molecular weight is 242 g/mol. The van der Waals surface area contributed by atoms with Gasteiger partial charge in [-0.3, -0.25) is 0 Å². The molecule has 0 aromatic rings. The van der Waals surface area contributed by atoms with Crippen LogP contribution in [0.25, 0.3) is 0 Å². The van der Waals surface area contributed by atoms with Gasteiger partial charge in [0.2, 0.25) is 0 Å². The Morgan fingerprint density at radius 2 is 2.00 bits per heavy atom. The van der Waals surface area contributed by atoms with Crippen LogP contribution in [0.5, 0.6) is 0 Å². The van der Waals surface area contributed by atoms with Crippen LogP contribution in [0.3, 0.4) is 0 Å². The molecule has 4 heteroatoms. The summed E-state index contributed by atoms with van der Waals surface area (Å²) in [5, 5.41) is 3.79. The first-order chi connectivity index (χ1) is 7.76. The van der Waals surface area contributed by atoms with E-state index in [4.69, 9.17) is 0 Å². The van der Waals surface area contributed by atoms with Crippen molar-refractivity contribution < 1.29 is 4.79 Å². The third-order valence-electron chi connectivity index (χ3n) is 3.78. The van der Waals surface area contributed by atoms with Gasteiger partial charge in [-0.25, -0.2) is 4.79 Å². The highest BCUT2D eigenvalue weighted by Gasteiger charge is 2.42. The van der Waals surface area contributed by atoms with Crippen molar-refractivity contribution in [3.63, 3.8) is 0 Å². The zero-order chi connectivity index (χ0) is 11.5. The molecule has 2 heterocycles. The number of thioether (sulfide) groups is 1. The van der Waals surface area contributed by atoms with Gasteiger partial charge < -0.3 is 10.2 Å². The topological polar surface area (TPSA) is 32.3 Å². The molecule has 3 nitrogen and oxygen atoms in total. The van der Waals surface area contributed by atoms with Crippen molar-refractivity contribution >= 4 is 17.8 Å². The van der Waals surface area contributed by atoms with Gasteiger partial charge in [-0.1, -0.05) is 6.92 Å². The van der Waals surface area contributed by atoms with Gasteiger partial charge in [0.1, 0.15) is 0 Å². The normalized spacial score (nSPS) is 32.9. The van der Waals surface area contributed by atoms with Crippen LogP contribution in [0.2, 0.25) is 0 Å². The number of amides is 2. The second kappa shape index (κ2) is 5.30. The van der Waals surface area contributed by atoms with Crippen molar-refractivity contribution in [2.45, 2.75) is 56.4 Å². The fourth-order valence-electron chi connectivity index (χ4n) is 2.97. The zero-order valence-corrected chi connectivity index (χ0v) is 11.1. The van der Waals surface area contributed by atoms with Crippen molar-refractivity contribution in [1.82, 2.24) is 10.2 Å². The maximum absolute atomic E-state index is 12.0. The summed E-state index contributed by atoms with van der Waals surface area (Å²) in [6.07, 6.45) is 8.01. The molecular weight excluding hydrogens is 220 g/mol. The molecule has 2 aliphatic heterocycles. The Balaban J connectivity index is 1.94. The highest BCUT2D eigenvalue weighted by molar-refractivity contribution is 7.99. The molecule has 2 rings (SSSR count). The number of rotatable bonds is 3. The average Bonchev–Trinajstić information content (AvgIpc) is 2.57. The lowest BCUT2D eigenvalue weighted by atomic mass is 10.0. The van der Waals surface area contributed by atoms with Crippen molar-refractivity contribution in [2.24, 2.45) is 0 Å². The summed E-state index contributed by atoms with van der Waals surface area (Å²) >= 11 is 1.97. The second-order valence-corrected chi connectivity index (χ2v) is 5.99. The molecule has 2 aliphatic rings. The third-order valence-corrected chi connectivity index (χ3v) is 4.84. The highest BCUT2D eigenvalue weighted by Crippen LogP contribution is 2.39. The fourth-order valence-corrected chi connectivity index (χ4v) is 3.80. The Bertz CT molecular complexity index is 245. The number of nitrogens with zero attached hydrogens (tertiary/aromatic N) is 1. The number of piperidine rings is 1. The molecule has 2 saturated heterocycles. The van der Waals surface area contributed by atoms with Crippen LogP contribution in [0, 0.1) is 0 Å². The summed E-state index contributed by atoms with van der Waals surface area (Å²) in [4.78, 5) is 14.1. The molecule has 2 bridgehead atoms. The van der Waals surface area contributed by atoms with Crippen LogP contribution in [0.1, 0.15) is 39.0 Å². The first-order valence-corrected chi connectivity index (χ1v) is 7.64. The van der Waals surface area contributed by atoms with Gasteiger partial charge >= 0.3 is 6.03 Å². The van der Waals surface area contributed by atoms with Gasteiger partial charge in [0.25, 0.3) is 0 Å². The van der Waals surface area contributed by atoms with Crippen molar-refractivity contribution in [1.29, 1.82) is 0 Å². The zero-order valence-electron chi connectivity index (χ0n) is 10.2. The SMILES string of the molecule is CCCNC(=O)N1C2CCC1CC(SC)C2. The molecule has 0 aromatic heterocycles. The van der Waals surface area contributed by atoms with E-state index in [1.54, 1.807) is 0 Å². The molecule has 0 radical (unpaired) electrons. The molecular formula is C12H22N2OS. The molecule has 1 N–H and O–H groups in total. The van der Waals surface area contributed by atoms with Gasteiger partial charge in [-0.2, -0.15) is 11.8 Å². The summed E-state index contributed by atoms with van der Waals surface area (Å²) in [5.74, 6) is 0. The van der Waals surface area contributed by atoms with E-state index in [9.17, 15) is 4.79 Å². The minimum Gasteiger partial charge on any atom is -0.338 e. The maximum atomic E-state index is 12.0. The molecule has 2 unspecified atom stereocenters. The lowest BCUT2D eigenvalue weighted by molar-refractivity contribution is 0.149. The largest absolute Gasteiger partial charge is 0.338 e. The van der Waals surface area contributed by atoms with Crippen LogP contribution >= 0.6 is 11.8 Å². The number of nitrogens with one attached hydrogen (secondary N) is 1. The number of urea groups is 1. The van der Waals surface area contributed by atoms with Crippen molar-refractivity contribution in [3.05, 3.63) is 0 Å². The number of carbonyl (C=O) groups is 1. The lowest BCUT2D eigenvalue weighted by Crippen LogP contribution is -2.51. The first kappa shape index (κ1) is 12.1. The quantitative estimate of drug-likeness (QED) is 0.824. The minimum absolute atomic E-state index is 0.175. The highest BCUT2D eigenvalue weighted by atomic mass is 32.2. The summed E-state index contributed by atoms with van der Waals surface area (Å²) in [6.45, 7) is 2.90. The van der Waals surface area contributed by atoms with Gasteiger partial charge in [0.05, 0.1) is 0 Å². The Kier molecular flexibility index (Phi) is 4.00. The molecule has 0 spiro atoms. The van der Waals surface area contributed by atoms with E-state index < -0.39 is 0 Å². The Labute approximate surface area is 102 Å². The monoisotopic (exact) mass is 242 g/mol. The molecule has 0 aromatic carbocycles. The smallest absolute Gasteiger partial charge is 0.317 e. The maximum Gasteiger partial charge on any atom is 0.317 e. The Morgan fingerprint density at radius 1 is 1.38 bits per heavy atom. The van der Waals surface area contributed by atoms with Crippen molar-refractivity contribution in [2.75, 3.05) is 12.8 Å².